The highest BCUT2D eigenvalue weighted by Crippen LogP contribution is 2.16. The highest BCUT2D eigenvalue weighted by atomic mass is 35.5. The zero-order valence-corrected chi connectivity index (χ0v) is 7.28. The van der Waals surface area contributed by atoms with E-state index in [0.717, 1.165) is 13.0 Å². The molecule has 1 heterocycles. The van der Waals surface area contributed by atoms with Crippen molar-refractivity contribution in [2.75, 3.05) is 19.1 Å². The Morgan fingerprint density at radius 1 is 1.82 bits per heavy atom. The molecule has 1 fully saturated rings. The van der Waals surface area contributed by atoms with Gasteiger partial charge in [-0.25, -0.2) is 0 Å². The van der Waals surface area contributed by atoms with Crippen LogP contribution in [0.15, 0.2) is 0 Å². The molecule has 4 heteroatoms. The summed E-state index contributed by atoms with van der Waals surface area (Å²) in [5, 5.41) is 2.81. The molecule has 0 aromatic heterocycles. The molecule has 1 unspecified atom stereocenters. The van der Waals surface area contributed by atoms with Gasteiger partial charge in [-0.3, -0.25) is 4.79 Å². The van der Waals surface area contributed by atoms with Crippen molar-refractivity contribution in [3.8, 4) is 0 Å². The van der Waals surface area contributed by atoms with Gasteiger partial charge in [0.2, 0.25) is 5.91 Å². The van der Waals surface area contributed by atoms with E-state index in [1.54, 1.807) is 0 Å². The van der Waals surface area contributed by atoms with Crippen LogP contribution in [0.4, 0.5) is 0 Å². The molecule has 1 atom stereocenters. The normalized spacial score (nSPS) is 30.4. The molecule has 64 valence electrons. The van der Waals surface area contributed by atoms with Gasteiger partial charge >= 0.3 is 0 Å². The van der Waals surface area contributed by atoms with E-state index >= 15 is 0 Å². The largest absolute Gasteiger partial charge is 0.379 e. The van der Waals surface area contributed by atoms with Gasteiger partial charge in [-0.2, -0.15) is 0 Å². The van der Waals surface area contributed by atoms with Crippen LogP contribution < -0.4 is 5.32 Å². The summed E-state index contributed by atoms with van der Waals surface area (Å²) >= 11 is 5.34. The van der Waals surface area contributed by atoms with E-state index in [1.165, 1.54) is 0 Å². The van der Waals surface area contributed by atoms with E-state index in [1.807, 2.05) is 6.92 Å². The zero-order chi connectivity index (χ0) is 8.32. The minimum Gasteiger partial charge on any atom is -0.379 e. The predicted molar refractivity (Wildman–Crippen MR) is 42.7 cm³/mol. The highest BCUT2D eigenvalue weighted by molar-refractivity contribution is 6.27. The van der Waals surface area contributed by atoms with E-state index < -0.39 is 0 Å². The van der Waals surface area contributed by atoms with Crippen LogP contribution in [0, 0.1) is 0 Å². The van der Waals surface area contributed by atoms with Crippen LogP contribution in [0.2, 0.25) is 0 Å². The number of rotatable bonds is 2. The van der Waals surface area contributed by atoms with Gasteiger partial charge in [-0.05, 0) is 13.3 Å². The first-order valence-electron chi connectivity index (χ1n) is 3.61. The van der Waals surface area contributed by atoms with Crippen LogP contribution in [0.25, 0.3) is 0 Å². The van der Waals surface area contributed by atoms with Crippen LogP contribution in [-0.4, -0.2) is 30.5 Å². The molecule has 0 spiro atoms. The van der Waals surface area contributed by atoms with Crippen molar-refractivity contribution in [1.82, 2.24) is 5.32 Å². The average Bonchev–Trinajstić information content (AvgIpc) is 2.36. The first-order valence-corrected chi connectivity index (χ1v) is 4.14. The fourth-order valence-corrected chi connectivity index (χ4v) is 1.20. The van der Waals surface area contributed by atoms with Gasteiger partial charge in [-0.1, -0.05) is 0 Å². The minimum atomic E-state index is -0.189. The molecule has 1 amide bonds. The third kappa shape index (κ3) is 2.34. The van der Waals surface area contributed by atoms with Gasteiger partial charge in [0.05, 0.1) is 12.1 Å². The van der Waals surface area contributed by atoms with Crippen molar-refractivity contribution < 1.29 is 9.53 Å². The fourth-order valence-electron chi connectivity index (χ4n) is 1.14. The van der Waals surface area contributed by atoms with Gasteiger partial charge in [0.1, 0.15) is 5.88 Å². The van der Waals surface area contributed by atoms with Gasteiger partial charge in [0.15, 0.2) is 0 Å². The summed E-state index contributed by atoms with van der Waals surface area (Å²) in [6.07, 6.45) is 0.871. The molecule has 1 aliphatic rings. The SMILES string of the molecule is CC1(NC(=O)CCl)CCOC1. The van der Waals surface area contributed by atoms with Gasteiger partial charge < -0.3 is 10.1 Å². The maximum absolute atomic E-state index is 10.9. The Labute approximate surface area is 71.1 Å². The Bertz CT molecular complexity index is 155. The van der Waals surface area contributed by atoms with Crippen molar-refractivity contribution >= 4 is 17.5 Å². The molecule has 0 aliphatic carbocycles. The van der Waals surface area contributed by atoms with E-state index in [9.17, 15) is 4.79 Å². The lowest BCUT2D eigenvalue weighted by Crippen LogP contribution is -2.46. The number of hydrogen-bond donors (Lipinski definition) is 1. The van der Waals surface area contributed by atoms with Crippen LogP contribution in [0.3, 0.4) is 0 Å². The number of hydrogen-bond acceptors (Lipinski definition) is 2. The van der Waals surface area contributed by atoms with Gasteiger partial charge in [0.25, 0.3) is 0 Å². The average molecular weight is 178 g/mol. The third-order valence-corrected chi connectivity index (χ3v) is 2.02. The van der Waals surface area contributed by atoms with Crippen molar-refractivity contribution in [2.45, 2.75) is 18.9 Å². The number of nitrogens with one attached hydrogen (secondary N) is 1. The summed E-state index contributed by atoms with van der Waals surface area (Å²) in [4.78, 5) is 10.9. The predicted octanol–water partition coefficient (Wildman–Crippen LogP) is 0.520. The standard InChI is InChI=1S/C7H12ClNO2/c1-7(2-3-11-5-7)9-6(10)4-8/h2-5H2,1H3,(H,9,10). The van der Waals surface area contributed by atoms with E-state index in [2.05, 4.69) is 5.32 Å². The Kier molecular flexibility index (Phi) is 2.73. The number of carbonyl (C=O) groups is 1. The summed E-state index contributed by atoms with van der Waals surface area (Å²) < 4.78 is 5.15. The second kappa shape index (κ2) is 3.41. The molecule has 0 bridgehead atoms. The first kappa shape index (κ1) is 8.81. The van der Waals surface area contributed by atoms with E-state index in [-0.39, 0.29) is 17.3 Å². The molecule has 1 aliphatic heterocycles. The third-order valence-electron chi connectivity index (χ3n) is 1.78. The minimum absolute atomic E-state index is 0.0234. The van der Waals surface area contributed by atoms with E-state index in [0.29, 0.717) is 6.61 Å². The lowest BCUT2D eigenvalue weighted by Gasteiger charge is -2.22. The number of halogens is 1. The zero-order valence-electron chi connectivity index (χ0n) is 6.52. The van der Waals surface area contributed by atoms with Crippen LogP contribution in [0.1, 0.15) is 13.3 Å². The quantitative estimate of drug-likeness (QED) is 0.625. The summed E-state index contributed by atoms with van der Waals surface area (Å²) in [7, 11) is 0. The Morgan fingerprint density at radius 3 is 3.00 bits per heavy atom. The monoisotopic (exact) mass is 177 g/mol. The van der Waals surface area contributed by atoms with Gasteiger partial charge in [-0.15, -0.1) is 11.6 Å². The Balaban J connectivity index is 2.39. The number of ether oxygens (including phenoxy) is 1. The van der Waals surface area contributed by atoms with Crippen molar-refractivity contribution in [3.63, 3.8) is 0 Å². The summed E-state index contributed by atoms with van der Waals surface area (Å²) in [5.74, 6) is -0.102. The van der Waals surface area contributed by atoms with Crippen molar-refractivity contribution in [2.24, 2.45) is 0 Å². The highest BCUT2D eigenvalue weighted by Gasteiger charge is 2.30. The first-order chi connectivity index (χ1) is 5.16. The topological polar surface area (TPSA) is 38.3 Å². The molecule has 0 saturated carbocycles. The van der Waals surface area contributed by atoms with Crippen molar-refractivity contribution in [3.05, 3.63) is 0 Å². The van der Waals surface area contributed by atoms with Crippen LogP contribution in [0.5, 0.6) is 0 Å². The maximum atomic E-state index is 10.9. The molecular weight excluding hydrogens is 166 g/mol. The van der Waals surface area contributed by atoms with Crippen LogP contribution >= 0.6 is 11.6 Å². The smallest absolute Gasteiger partial charge is 0.235 e. The Hall–Kier alpha value is -0.280. The summed E-state index contributed by atoms with van der Waals surface area (Å²) in [6, 6.07) is 0. The molecule has 3 nitrogen and oxygen atoms in total. The molecule has 1 rings (SSSR count). The number of alkyl halides is 1. The Morgan fingerprint density at radius 2 is 2.55 bits per heavy atom. The molecule has 0 aromatic carbocycles. The lowest BCUT2D eigenvalue weighted by molar-refractivity contribution is -0.120. The molecule has 1 saturated heterocycles. The molecule has 1 N–H and O–H groups in total. The summed E-state index contributed by atoms with van der Waals surface area (Å²) in [6.45, 7) is 3.28. The maximum Gasteiger partial charge on any atom is 0.235 e. The number of amides is 1. The molecule has 0 radical (unpaired) electrons. The number of carbonyl (C=O) groups excluding carboxylic acids is 1. The van der Waals surface area contributed by atoms with Crippen LogP contribution in [-0.2, 0) is 9.53 Å². The second-order valence-electron chi connectivity index (χ2n) is 3.05. The summed E-state index contributed by atoms with van der Waals surface area (Å²) in [5.41, 5.74) is -0.189. The van der Waals surface area contributed by atoms with E-state index in [4.69, 9.17) is 16.3 Å². The molecular formula is C7H12ClNO2. The fraction of sp³-hybridized carbons (Fsp3) is 0.857. The molecule has 11 heavy (non-hydrogen) atoms. The van der Waals surface area contributed by atoms with Crippen molar-refractivity contribution in [1.29, 1.82) is 0 Å². The van der Waals surface area contributed by atoms with Gasteiger partial charge in [0, 0.05) is 6.61 Å². The molecule has 0 aromatic rings. The lowest BCUT2D eigenvalue weighted by atomic mass is 10.0. The second-order valence-corrected chi connectivity index (χ2v) is 3.31.